The number of piperidine rings is 2. The Kier molecular flexibility index (Phi) is 6.99. The number of carbonyl (C=O) groups excluding carboxylic acids is 1. The van der Waals surface area contributed by atoms with Crippen molar-refractivity contribution in [2.24, 2.45) is 5.41 Å². The summed E-state index contributed by atoms with van der Waals surface area (Å²) in [6, 6.07) is 10.6. The quantitative estimate of drug-likeness (QED) is 0.673. The van der Waals surface area contributed by atoms with E-state index in [1.165, 1.54) is 12.1 Å². The lowest BCUT2D eigenvalue weighted by Crippen LogP contribution is -2.47. The Hall–Kier alpha value is -2.60. The normalized spacial score (nSPS) is 18.4. The van der Waals surface area contributed by atoms with Crippen LogP contribution in [0.2, 0.25) is 0 Å². The zero-order valence-electron chi connectivity index (χ0n) is 19.1. The number of benzene rings is 2. The average Bonchev–Trinajstić information content (AvgIpc) is 2.77. The molecule has 2 heterocycles. The highest BCUT2D eigenvalue weighted by molar-refractivity contribution is 5.78. The Morgan fingerprint density at radius 3 is 2.19 bits per heavy atom. The molecular weight excluding hydrogens is 407 g/mol. The van der Waals surface area contributed by atoms with Gasteiger partial charge in [0.1, 0.15) is 17.3 Å². The van der Waals surface area contributed by atoms with E-state index in [-0.39, 0.29) is 17.1 Å². The third-order valence-electron chi connectivity index (χ3n) is 6.69. The minimum atomic E-state index is -0.264. The fraction of sp³-hybridized carbons (Fsp3) is 0.500. The van der Waals surface area contributed by atoms with Crippen LogP contribution in [0.1, 0.15) is 45.1 Å². The highest BCUT2D eigenvalue weighted by Crippen LogP contribution is 2.42. The highest BCUT2D eigenvalue weighted by Gasteiger charge is 2.38. The molecule has 2 aliphatic rings. The van der Waals surface area contributed by atoms with Gasteiger partial charge in [0.25, 0.3) is 0 Å². The molecule has 0 saturated carbocycles. The summed E-state index contributed by atoms with van der Waals surface area (Å²) in [4.78, 5) is 14.4. The SMILES string of the molecule is CCOc1cc(CN2CCC3(CCNC(=O)C3)CC2)cc(OCC)c1-c1ccc(F)cc1. The lowest BCUT2D eigenvalue weighted by molar-refractivity contribution is -0.127. The summed E-state index contributed by atoms with van der Waals surface area (Å²) < 4.78 is 25.5. The van der Waals surface area contributed by atoms with Crippen LogP contribution in [-0.2, 0) is 11.3 Å². The number of hydrogen-bond acceptors (Lipinski definition) is 4. The van der Waals surface area contributed by atoms with Gasteiger partial charge in [0, 0.05) is 19.5 Å². The number of rotatable bonds is 7. The van der Waals surface area contributed by atoms with E-state index in [0.717, 1.165) is 73.6 Å². The van der Waals surface area contributed by atoms with Crippen LogP contribution in [0.4, 0.5) is 4.39 Å². The zero-order chi connectivity index (χ0) is 22.6. The first-order valence-corrected chi connectivity index (χ1v) is 11.7. The number of carbonyl (C=O) groups is 1. The highest BCUT2D eigenvalue weighted by atomic mass is 19.1. The molecule has 6 heteroatoms. The first kappa shape index (κ1) is 22.6. The van der Waals surface area contributed by atoms with Crippen LogP contribution < -0.4 is 14.8 Å². The van der Waals surface area contributed by atoms with Gasteiger partial charge in [-0.15, -0.1) is 0 Å². The molecule has 0 unspecified atom stereocenters. The van der Waals surface area contributed by atoms with Gasteiger partial charge < -0.3 is 14.8 Å². The van der Waals surface area contributed by atoms with Crippen LogP contribution >= 0.6 is 0 Å². The van der Waals surface area contributed by atoms with Crippen molar-refractivity contribution in [3.05, 3.63) is 47.8 Å². The zero-order valence-corrected chi connectivity index (χ0v) is 19.1. The van der Waals surface area contributed by atoms with Crippen LogP contribution in [0.15, 0.2) is 36.4 Å². The van der Waals surface area contributed by atoms with Crippen molar-refractivity contribution in [3.63, 3.8) is 0 Å². The number of nitrogens with zero attached hydrogens (tertiary/aromatic N) is 1. The minimum absolute atomic E-state index is 0.179. The van der Waals surface area contributed by atoms with E-state index in [1.54, 1.807) is 12.1 Å². The summed E-state index contributed by atoms with van der Waals surface area (Å²) in [5.41, 5.74) is 3.06. The monoisotopic (exact) mass is 440 g/mol. The van der Waals surface area contributed by atoms with Crippen LogP contribution in [-0.4, -0.2) is 43.7 Å². The molecule has 1 amide bonds. The third kappa shape index (κ3) is 5.07. The maximum Gasteiger partial charge on any atom is 0.220 e. The fourth-order valence-corrected chi connectivity index (χ4v) is 5.00. The van der Waals surface area contributed by atoms with E-state index in [2.05, 4.69) is 22.3 Å². The topological polar surface area (TPSA) is 50.8 Å². The Balaban J connectivity index is 1.55. The van der Waals surface area contributed by atoms with Gasteiger partial charge in [0.2, 0.25) is 5.91 Å². The molecule has 0 bridgehead atoms. The smallest absolute Gasteiger partial charge is 0.220 e. The van der Waals surface area contributed by atoms with Crippen LogP contribution in [0, 0.1) is 11.2 Å². The van der Waals surface area contributed by atoms with Crippen molar-refractivity contribution in [2.75, 3.05) is 32.8 Å². The molecule has 0 aromatic heterocycles. The number of amides is 1. The summed E-state index contributed by atoms with van der Waals surface area (Å²) in [5, 5.41) is 2.96. The molecular formula is C26H33FN2O3. The number of likely N-dealkylation sites (tertiary alicyclic amines) is 1. The molecule has 0 aliphatic carbocycles. The lowest BCUT2D eigenvalue weighted by atomic mass is 9.71. The van der Waals surface area contributed by atoms with Crippen molar-refractivity contribution in [3.8, 4) is 22.6 Å². The molecule has 0 radical (unpaired) electrons. The molecule has 1 N–H and O–H groups in total. The molecule has 2 aromatic carbocycles. The molecule has 2 fully saturated rings. The minimum Gasteiger partial charge on any atom is -0.493 e. The van der Waals surface area contributed by atoms with Crippen LogP contribution in [0.5, 0.6) is 11.5 Å². The molecule has 32 heavy (non-hydrogen) atoms. The van der Waals surface area contributed by atoms with Crippen molar-refractivity contribution in [1.29, 1.82) is 0 Å². The van der Waals surface area contributed by atoms with E-state index in [1.807, 2.05) is 13.8 Å². The van der Waals surface area contributed by atoms with Crippen LogP contribution in [0.25, 0.3) is 11.1 Å². The van der Waals surface area contributed by atoms with Gasteiger partial charge in [0.05, 0.1) is 18.8 Å². The summed E-state index contributed by atoms with van der Waals surface area (Å²) in [5.74, 6) is 1.46. The van der Waals surface area contributed by atoms with Gasteiger partial charge in [-0.05, 0) is 87.0 Å². The molecule has 4 rings (SSSR count). The van der Waals surface area contributed by atoms with Gasteiger partial charge in [-0.2, -0.15) is 0 Å². The van der Waals surface area contributed by atoms with Gasteiger partial charge in [0.15, 0.2) is 0 Å². The van der Waals surface area contributed by atoms with E-state index < -0.39 is 0 Å². The number of halogens is 1. The molecule has 1 spiro atoms. The Bertz CT molecular complexity index is 910. The maximum absolute atomic E-state index is 13.5. The molecule has 0 atom stereocenters. The molecule has 2 aromatic rings. The summed E-state index contributed by atoms with van der Waals surface area (Å²) in [7, 11) is 0. The van der Waals surface area contributed by atoms with Crippen molar-refractivity contribution >= 4 is 5.91 Å². The summed E-state index contributed by atoms with van der Waals surface area (Å²) in [6.07, 6.45) is 3.87. The van der Waals surface area contributed by atoms with Crippen molar-refractivity contribution in [1.82, 2.24) is 10.2 Å². The van der Waals surface area contributed by atoms with Crippen molar-refractivity contribution < 1.29 is 18.7 Å². The summed E-state index contributed by atoms with van der Waals surface area (Å²) in [6.45, 7) is 8.60. The Morgan fingerprint density at radius 1 is 1.00 bits per heavy atom. The van der Waals surface area contributed by atoms with Gasteiger partial charge in [-0.1, -0.05) is 12.1 Å². The largest absolute Gasteiger partial charge is 0.493 e. The van der Waals surface area contributed by atoms with E-state index >= 15 is 0 Å². The lowest BCUT2D eigenvalue weighted by Gasteiger charge is -2.43. The maximum atomic E-state index is 13.5. The number of nitrogens with one attached hydrogen (secondary N) is 1. The first-order valence-electron chi connectivity index (χ1n) is 11.7. The summed E-state index contributed by atoms with van der Waals surface area (Å²) >= 11 is 0. The second-order valence-electron chi connectivity index (χ2n) is 8.89. The molecule has 2 saturated heterocycles. The van der Waals surface area contributed by atoms with E-state index in [9.17, 15) is 9.18 Å². The predicted molar refractivity (Wildman–Crippen MR) is 123 cm³/mol. The standard InChI is InChI=1S/C26H33FN2O3/c1-3-31-22-15-19(16-23(32-4-2)25(22)20-5-7-21(27)8-6-20)18-29-13-10-26(11-14-29)9-12-28-24(30)17-26/h5-8,15-16H,3-4,9-14,17-18H2,1-2H3,(H,28,30). The Labute approximate surface area is 189 Å². The fourth-order valence-electron chi connectivity index (χ4n) is 5.00. The number of ether oxygens (including phenoxy) is 2. The molecule has 172 valence electrons. The van der Waals surface area contributed by atoms with Crippen molar-refractivity contribution in [2.45, 2.75) is 46.1 Å². The third-order valence-corrected chi connectivity index (χ3v) is 6.69. The van der Waals surface area contributed by atoms with E-state index in [4.69, 9.17) is 9.47 Å². The second-order valence-corrected chi connectivity index (χ2v) is 8.89. The Morgan fingerprint density at radius 2 is 1.62 bits per heavy atom. The number of hydrogen-bond donors (Lipinski definition) is 1. The van der Waals surface area contributed by atoms with Gasteiger partial charge >= 0.3 is 0 Å². The van der Waals surface area contributed by atoms with Gasteiger partial charge in [-0.25, -0.2) is 4.39 Å². The first-order chi connectivity index (χ1) is 15.5. The second kappa shape index (κ2) is 9.90. The average molecular weight is 441 g/mol. The van der Waals surface area contributed by atoms with Gasteiger partial charge in [-0.3, -0.25) is 9.69 Å². The van der Waals surface area contributed by atoms with E-state index in [0.29, 0.717) is 19.6 Å². The van der Waals surface area contributed by atoms with Crippen LogP contribution in [0.3, 0.4) is 0 Å². The molecule has 2 aliphatic heterocycles. The molecule has 5 nitrogen and oxygen atoms in total. The predicted octanol–water partition coefficient (Wildman–Crippen LogP) is 4.78.